The highest BCUT2D eigenvalue weighted by Gasteiger charge is 2.37. The van der Waals surface area contributed by atoms with Gasteiger partial charge in [-0.05, 0) is 75.9 Å². The smallest absolute Gasteiger partial charge is 0.336 e. The van der Waals surface area contributed by atoms with Crippen molar-refractivity contribution in [2.24, 2.45) is 0 Å². The highest BCUT2D eigenvalue weighted by Crippen LogP contribution is 2.47. The fourth-order valence-corrected chi connectivity index (χ4v) is 4.72. The van der Waals surface area contributed by atoms with Crippen LogP contribution < -0.4 is 0 Å². The molecule has 0 fully saturated rings. The lowest BCUT2D eigenvalue weighted by Gasteiger charge is -2.42. The van der Waals surface area contributed by atoms with Crippen LogP contribution in [0.2, 0.25) is 0 Å². The minimum absolute atomic E-state index is 0.00396. The van der Waals surface area contributed by atoms with Crippen LogP contribution in [0.3, 0.4) is 0 Å². The summed E-state index contributed by atoms with van der Waals surface area (Å²) in [5.41, 5.74) is 6.08. The molecule has 0 aromatic heterocycles. The van der Waals surface area contributed by atoms with E-state index in [1.54, 1.807) is 6.92 Å². The van der Waals surface area contributed by atoms with Crippen molar-refractivity contribution >= 4 is 16.7 Å². The number of phenolic OH excluding ortho intramolecular Hbond substituents is 1. The molecule has 0 bridgehead atoms. The fourth-order valence-electron chi connectivity index (χ4n) is 4.72. The number of benzene rings is 3. The van der Waals surface area contributed by atoms with Gasteiger partial charge in [-0.15, -0.1) is 0 Å². The van der Waals surface area contributed by atoms with Gasteiger partial charge in [-0.25, -0.2) is 4.79 Å². The number of rotatable bonds is 2. The van der Waals surface area contributed by atoms with Crippen molar-refractivity contribution < 1.29 is 15.0 Å². The van der Waals surface area contributed by atoms with E-state index >= 15 is 0 Å². The van der Waals surface area contributed by atoms with Crippen LogP contribution >= 0.6 is 0 Å². The minimum Gasteiger partial charge on any atom is -0.507 e. The molecule has 0 atom stereocenters. The van der Waals surface area contributed by atoms with Crippen molar-refractivity contribution in [2.45, 2.75) is 58.3 Å². The number of carboxylic acid groups (broad SMARTS) is 1. The Kier molecular flexibility index (Phi) is 4.27. The van der Waals surface area contributed by atoms with Crippen molar-refractivity contribution in [1.29, 1.82) is 0 Å². The lowest BCUT2D eigenvalue weighted by molar-refractivity contribution is 0.0696. The number of hydrogen-bond acceptors (Lipinski definition) is 2. The van der Waals surface area contributed by atoms with Gasteiger partial charge in [0.05, 0.1) is 5.56 Å². The molecule has 29 heavy (non-hydrogen) atoms. The maximum atomic E-state index is 11.4. The van der Waals surface area contributed by atoms with Crippen molar-refractivity contribution in [3.8, 4) is 16.9 Å². The van der Waals surface area contributed by atoms with Gasteiger partial charge in [-0.1, -0.05) is 58.0 Å². The molecule has 2 N–H and O–H groups in total. The van der Waals surface area contributed by atoms with E-state index in [4.69, 9.17) is 0 Å². The Morgan fingerprint density at radius 1 is 0.828 bits per heavy atom. The molecule has 3 heteroatoms. The maximum absolute atomic E-state index is 11.4. The molecule has 0 saturated carbocycles. The Balaban J connectivity index is 1.89. The summed E-state index contributed by atoms with van der Waals surface area (Å²) in [5.74, 6) is -1.02. The third-order valence-corrected chi connectivity index (χ3v) is 6.80. The lowest BCUT2D eigenvalue weighted by atomic mass is 9.63. The Morgan fingerprint density at radius 2 is 1.41 bits per heavy atom. The van der Waals surface area contributed by atoms with Crippen LogP contribution in [0.4, 0.5) is 0 Å². The van der Waals surface area contributed by atoms with Crippen LogP contribution in [0.1, 0.15) is 67.6 Å². The minimum atomic E-state index is -1.02. The molecule has 3 aromatic carbocycles. The summed E-state index contributed by atoms with van der Waals surface area (Å²) in [4.78, 5) is 11.4. The van der Waals surface area contributed by atoms with Gasteiger partial charge in [0.2, 0.25) is 0 Å². The van der Waals surface area contributed by atoms with Crippen LogP contribution in [0.15, 0.2) is 42.5 Å². The summed E-state index contributed by atoms with van der Waals surface area (Å²) >= 11 is 0. The Morgan fingerprint density at radius 3 is 2.07 bits per heavy atom. The predicted molar refractivity (Wildman–Crippen MR) is 118 cm³/mol. The van der Waals surface area contributed by atoms with Crippen LogP contribution in [0.5, 0.6) is 5.75 Å². The molecule has 0 heterocycles. The Labute approximate surface area is 172 Å². The number of aromatic carboxylic acids is 1. The second-order valence-corrected chi connectivity index (χ2v) is 9.66. The van der Waals surface area contributed by atoms with Crippen LogP contribution in [-0.2, 0) is 10.8 Å². The molecule has 3 aromatic rings. The van der Waals surface area contributed by atoms with Crippen LogP contribution in [-0.4, -0.2) is 16.2 Å². The highest BCUT2D eigenvalue weighted by molar-refractivity contribution is 6.01. The largest absolute Gasteiger partial charge is 0.507 e. The van der Waals surface area contributed by atoms with Gasteiger partial charge in [0, 0.05) is 5.39 Å². The number of hydrogen-bond donors (Lipinski definition) is 2. The molecule has 0 radical (unpaired) electrons. The Hall–Kier alpha value is -2.81. The average molecular weight is 389 g/mol. The first-order chi connectivity index (χ1) is 13.5. The van der Waals surface area contributed by atoms with Crippen molar-refractivity contribution in [2.75, 3.05) is 0 Å². The molecule has 1 aliphatic rings. The zero-order valence-electron chi connectivity index (χ0n) is 17.8. The molecule has 150 valence electrons. The van der Waals surface area contributed by atoms with Gasteiger partial charge in [0.1, 0.15) is 5.75 Å². The number of carboxylic acids is 1. The lowest BCUT2D eigenvalue weighted by Crippen LogP contribution is -2.33. The molecular weight excluding hydrogens is 360 g/mol. The molecule has 1 aliphatic carbocycles. The van der Waals surface area contributed by atoms with E-state index in [0.29, 0.717) is 10.9 Å². The van der Waals surface area contributed by atoms with E-state index in [-0.39, 0.29) is 22.1 Å². The van der Waals surface area contributed by atoms with Gasteiger partial charge in [-0.2, -0.15) is 0 Å². The number of aryl methyl sites for hydroxylation is 1. The summed E-state index contributed by atoms with van der Waals surface area (Å²) in [7, 11) is 0. The van der Waals surface area contributed by atoms with E-state index in [1.807, 2.05) is 18.2 Å². The Bertz CT molecular complexity index is 1150. The van der Waals surface area contributed by atoms with Crippen molar-refractivity contribution in [3.05, 3.63) is 64.7 Å². The van der Waals surface area contributed by atoms with Gasteiger partial charge < -0.3 is 10.2 Å². The van der Waals surface area contributed by atoms with Crippen LogP contribution in [0, 0.1) is 6.92 Å². The third-order valence-electron chi connectivity index (χ3n) is 6.80. The number of fused-ring (bicyclic) bond motifs is 2. The molecule has 4 rings (SSSR count). The standard InChI is InChI=1S/C26H28O3/c1-15-18-8-6-16(12-20(18)23(27)14-19(15)24(28)29)17-7-9-21-22(13-17)26(4,5)11-10-25(21,2)3/h6-9,12-14,27H,10-11H2,1-5H3,(H,28,29). The topological polar surface area (TPSA) is 57.5 Å². The van der Waals surface area contributed by atoms with E-state index < -0.39 is 5.97 Å². The van der Waals surface area contributed by atoms with E-state index in [9.17, 15) is 15.0 Å². The summed E-state index contributed by atoms with van der Waals surface area (Å²) in [6.45, 7) is 11.0. The first-order valence-corrected chi connectivity index (χ1v) is 10.2. The maximum Gasteiger partial charge on any atom is 0.336 e. The fraction of sp³-hybridized carbons (Fsp3) is 0.346. The highest BCUT2D eigenvalue weighted by atomic mass is 16.4. The van der Waals surface area contributed by atoms with E-state index in [1.165, 1.54) is 23.6 Å². The van der Waals surface area contributed by atoms with Crippen molar-refractivity contribution in [1.82, 2.24) is 0 Å². The van der Waals surface area contributed by atoms with Gasteiger partial charge in [-0.3, -0.25) is 0 Å². The molecular formula is C26H28O3. The normalized spacial score (nSPS) is 17.1. The molecule has 0 saturated heterocycles. The predicted octanol–water partition coefficient (Wildman–Crippen LogP) is 6.57. The van der Waals surface area contributed by atoms with E-state index in [0.717, 1.165) is 22.9 Å². The average Bonchev–Trinajstić information content (AvgIpc) is 2.67. The summed E-state index contributed by atoms with van der Waals surface area (Å²) < 4.78 is 0. The molecule has 0 spiro atoms. The van der Waals surface area contributed by atoms with Crippen LogP contribution in [0.25, 0.3) is 21.9 Å². The summed E-state index contributed by atoms with van der Waals surface area (Å²) in [5, 5.41) is 21.3. The van der Waals surface area contributed by atoms with E-state index in [2.05, 4.69) is 45.9 Å². The van der Waals surface area contributed by atoms with Crippen molar-refractivity contribution in [3.63, 3.8) is 0 Å². The molecule has 0 unspecified atom stereocenters. The third kappa shape index (κ3) is 3.09. The SMILES string of the molecule is Cc1c(C(=O)O)cc(O)c2cc(-c3ccc4c(c3)C(C)(C)CCC4(C)C)ccc12. The first-order valence-electron chi connectivity index (χ1n) is 10.2. The molecule has 3 nitrogen and oxygen atoms in total. The number of phenols is 1. The zero-order valence-corrected chi connectivity index (χ0v) is 17.8. The molecule has 0 aliphatic heterocycles. The van der Waals surface area contributed by atoms with Gasteiger partial charge >= 0.3 is 5.97 Å². The quantitative estimate of drug-likeness (QED) is 0.522. The van der Waals surface area contributed by atoms with Gasteiger partial charge in [0.15, 0.2) is 0 Å². The second-order valence-electron chi connectivity index (χ2n) is 9.66. The van der Waals surface area contributed by atoms with Gasteiger partial charge in [0.25, 0.3) is 0 Å². The number of carbonyl (C=O) groups is 1. The number of aromatic hydroxyl groups is 1. The first kappa shape index (κ1) is 19.5. The summed E-state index contributed by atoms with van der Waals surface area (Å²) in [6.07, 6.45) is 2.34. The zero-order chi connectivity index (χ0) is 21.1. The molecule has 0 amide bonds. The summed E-state index contributed by atoms with van der Waals surface area (Å²) in [6, 6.07) is 14.0. The monoisotopic (exact) mass is 388 g/mol. The second kappa shape index (κ2) is 6.35.